The molecular formula is C14H19NO3. The molecule has 0 saturated heterocycles. The standard InChI is InChI=1S/C14H19NO3/c1-4-9-15-14(16)8-6-11-5-7-12(17-2)13(10-11)18-3/h5-8,10H,4,9H2,1-3H3,(H,15,16). The Kier molecular flexibility index (Phi) is 5.77. The summed E-state index contributed by atoms with van der Waals surface area (Å²) in [5.74, 6) is 1.23. The van der Waals surface area contributed by atoms with E-state index < -0.39 is 0 Å². The number of benzene rings is 1. The number of carbonyl (C=O) groups excluding carboxylic acids is 1. The molecule has 0 unspecified atom stereocenters. The quantitative estimate of drug-likeness (QED) is 0.786. The van der Waals surface area contributed by atoms with Gasteiger partial charge in [0.15, 0.2) is 11.5 Å². The first-order valence-corrected chi connectivity index (χ1v) is 5.89. The first-order chi connectivity index (χ1) is 8.71. The van der Waals surface area contributed by atoms with E-state index >= 15 is 0 Å². The van der Waals surface area contributed by atoms with E-state index in [-0.39, 0.29) is 5.91 Å². The highest BCUT2D eigenvalue weighted by molar-refractivity contribution is 5.91. The van der Waals surface area contributed by atoms with Gasteiger partial charge in [-0.05, 0) is 30.2 Å². The number of hydrogen-bond acceptors (Lipinski definition) is 3. The van der Waals surface area contributed by atoms with Gasteiger partial charge in [-0.3, -0.25) is 4.79 Å². The second-order valence-corrected chi connectivity index (χ2v) is 3.74. The van der Waals surface area contributed by atoms with Gasteiger partial charge in [0.1, 0.15) is 0 Å². The van der Waals surface area contributed by atoms with Gasteiger partial charge in [0, 0.05) is 12.6 Å². The second-order valence-electron chi connectivity index (χ2n) is 3.74. The zero-order valence-electron chi connectivity index (χ0n) is 11.0. The normalized spacial score (nSPS) is 10.4. The molecule has 4 heteroatoms. The van der Waals surface area contributed by atoms with Crippen LogP contribution in [0.3, 0.4) is 0 Å². The Balaban J connectivity index is 2.73. The molecule has 4 nitrogen and oxygen atoms in total. The van der Waals surface area contributed by atoms with E-state index in [1.54, 1.807) is 20.3 Å². The summed E-state index contributed by atoms with van der Waals surface area (Å²) in [5.41, 5.74) is 0.888. The number of rotatable bonds is 6. The highest BCUT2D eigenvalue weighted by atomic mass is 16.5. The Hall–Kier alpha value is -1.97. The van der Waals surface area contributed by atoms with Crippen LogP contribution >= 0.6 is 0 Å². The molecule has 1 amide bonds. The second kappa shape index (κ2) is 7.37. The number of carbonyl (C=O) groups is 1. The molecule has 0 aromatic heterocycles. The van der Waals surface area contributed by atoms with Crippen LogP contribution < -0.4 is 14.8 Å². The Labute approximate surface area is 108 Å². The molecule has 1 aromatic carbocycles. The fourth-order valence-corrected chi connectivity index (χ4v) is 1.44. The third kappa shape index (κ3) is 4.13. The van der Waals surface area contributed by atoms with Crippen molar-refractivity contribution in [3.8, 4) is 11.5 Å². The van der Waals surface area contributed by atoms with Crippen molar-refractivity contribution in [2.24, 2.45) is 0 Å². The van der Waals surface area contributed by atoms with Gasteiger partial charge in [0.05, 0.1) is 14.2 Å². The van der Waals surface area contributed by atoms with Crippen molar-refractivity contribution in [1.29, 1.82) is 0 Å². The molecule has 1 N–H and O–H groups in total. The van der Waals surface area contributed by atoms with Crippen LogP contribution in [0, 0.1) is 0 Å². The monoisotopic (exact) mass is 249 g/mol. The van der Waals surface area contributed by atoms with Crippen LogP contribution in [0.5, 0.6) is 11.5 Å². The third-order valence-corrected chi connectivity index (χ3v) is 2.38. The fraction of sp³-hybridized carbons (Fsp3) is 0.357. The molecule has 0 aliphatic heterocycles. The molecule has 0 aliphatic rings. The Morgan fingerprint density at radius 1 is 1.28 bits per heavy atom. The van der Waals surface area contributed by atoms with Crippen LogP contribution in [-0.2, 0) is 4.79 Å². The van der Waals surface area contributed by atoms with Crippen LogP contribution in [0.15, 0.2) is 24.3 Å². The predicted octanol–water partition coefficient (Wildman–Crippen LogP) is 2.24. The van der Waals surface area contributed by atoms with Crippen molar-refractivity contribution in [3.63, 3.8) is 0 Å². The molecule has 0 fully saturated rings. The van der Waals surface area contributed by atoms with Crippen LogP contribution in [-0.4, -0.2) is 26.7 Å². The SMILES string of the molecule is CCCNC(=O)C=Cc1ccc(OC)c(OC)c1. The van der Waals surface area contributed by atoms with Crippen LogP contribution in [0.4, 0.5) is 0 Å². The number of nitrogens with one attached hydrogen (secondary N) is 1. The molecule has 1 aromatic rings. The summed E-state index contributed by atoms with van der Waals surface area (Å²) in [5, 5.41) is 2.77. The number of hydrogen-bond donors (Lipinski definition) is 1. The molecule has 0 saturated carbocycles. The topological polar surface area (TPSA) is 47.6 Å². The molecule has 0 heterocycles. The van der Waals surface area contributed by atoms with E-state index in [1.807, 2.05) is 25.1 Å². The minimum atomic E-state index is -0.0911. The Morgan fingerprint density at radius 3 is 2.61 bits per heavy atom. The number of amides is 1. The molecule has 0 spiro atoms. The summed E-state index contributed by atoms with van der Waals surface area (Å²) in [6.07, 6.45) is 4.18. The van der Waals surface area contributed by atoms with E-state index in [2.05, 4.69) is 5.32 Å². The van der Waals surface area contributed by atoms with Gasteiger partial charge in [-0.2, -0.15) is 0 Å². The zero-order valence-corrected chi connectivity index (χ0v) is 11.0. The number of methoxy groups -OCH3 is 2. The number of ether oxygens (including phenoxy) is 2. The summed E-state index contributed by atoms with van der Waals surface area (Å²) < 4.78 is 10.3. The van der Waals surface area contributed by atoms with E-state index in [0.29, 0.717) is 18.0 Å². The fourth-order valence-electron chi connectivity index (χ4n) is 1.44. The summed E-state index contributed by atoms with van der Waals surface area (Å²) in [6, 6.07) is 5.50. The average Bonchev–Trinajstić information content (AvgIpc) is 2.42. The predicted molar refractivity (Wildman–Crippen MR) is 71.9 cm³/mol. The van der Waals surface area contributed by atoms with Crippen molar-refractivity contribution in [2.45, 2.75) is 13.3 Å². The molecule has 98 valence electrons. The lowest BCUT2D eigenvalue weighted by molar-refractivity contribution is -0.116. The van der Waals surface area contributed by atoms with E-state index in [9.17, 15) is 4.79 Å². The summed E-state index contributed by atoms with van der Waals surface area (Å²) in [4.78, 5) is 11.4. The van der Waals surface area contributed by atoms with Gasteiger partial charge in [-0.15, -0.1) is 0 Å². The highest BCUT2D eigenvalue weighted by Crippen LogP contribution is 2.27. The van der Waals surface area contributed by atoms with Gasteiger partial charge in [-0.25, -0.2) is 0 Å². The smallest absolute Gasteiger partial charge is 0.243 e. The van der Waals surface area contributed by atoms with Gasteiger partial charge >= 0.3 is 0 Å². The summed E-state index contributed by atoms with van der Waals surface area (Å²) in [6.45, 7) is 2.70. The molecule has 0 bridgehead atoms. The van der Waals surface area contributed by atoms with Crippen molar-refractivity contribution >= 4 is 12.0 Å². The maximum atomic E-state index is 11.4. The molecule has 0 radical (unpaired) electrons. The summed E-state index contributed by atoms with van der Waals surface area (Å²) >= 11 is 0. The highest BCUT2D eigenvalue weighted by Gasteiger charge is 2.02. The van der Waals surface area contributed by atoms with Crippen LogP contribution in [0.1, 0.15) is 18.9 Å². The first-order valence-electron chi connectivity index (χ1n) is 5.89. The molecule has 1 rings (SSSR count). The molecular weight excluding hydrogens is 230 g/mol. The van der Waals surface area contributed by atoms with Crippen molar-refractivity contribution < 1.29 is 14.3 Å². The van der Waals surface area contributed by atoms with Gasteiger partial charge in [-0.1, -0.05) is 13.0 Å². The zero-order chi connectivity index (χ0) is 13.4. The first kappa shape index (κ1) is 14.1. The van der Waals surface area contributed by atoms with Crippen molar-refractivity contribution in [2.75, 3.05) is 20.8 Å². The van der Waals surface area contributed by atoms with E-state index in [4.69, 9.17) is 9.47 Å². The van der Waals surface area contributed by atoms with E-state index in [1.165, 1.54) is 6.08 Å². The molecule has 0 aliphatic carbocycles. The Morgan fingerprint density at radius 2 is 2.00 bits per heavy atom. The van der Waals surface area contributed by atoms with Crippen molar-refractivity contribution in [1.82, 2.24) is 5.32 Å². The largest absolute Gasteiger partial charge is 0.493 e. The van der Waals surface area contributed by atoms with Crippen LogP contribution in [0.25, 0.3) is 6.08 Å². The maximum Gasteiger partial charge on any atom is 0.243 e. The Bertz CT molecular complexity index is 427. The summed E-state index contributed by atoms with van der Waals surface area (Å²) in [7, 11) is 3.17. The maximum absolute atomic E-state index is 11.4. The van der Waals surface area contributed by atoms with Gasteiger partial charge < -0.3 is 14.8 Å². The molecule has 18 heavy (non-hydrogen) atoms. The lowest BCUT2D eigenvalue weighted by Gasteiger charge is -2.07. The lowest BCUT2D eigenvalue weighted by atomic mass is 10.2. The van der Waals surface area contributed by atoms with Gasteiger partial charge in [0.2, 0.25) is 5.91 Å². The van der Waals surface area contributed by atoms with E-state index in [0.717, 1.165) is 12.0 Å². The van der Waals surface area contributed by atoms with Crippen LogP contribution in [0.2, 0.25) is 0 Å². The van der Waals surface area contributed by atoms with Crippen molar-refractivity contribution in [3.05, 3.63) is 29.8 Å². The lowest BCUT2D eigenvalue weighted by Crippen LogP contribution is -2.21. The van der Waals surface area contributed by atoms with Gasteiger partial charge in [0.25, 0.3) is 0 Å². The molecule has 0 atom stereocenters. The minimum Gasteiger partial charge on any atom is -0.493 e. The average molecular weight is 249 g/mol. The minimum absolute atomic E-state index is 0.0911. The third-order valence-electron chi connectivity index (χ3n) is 2.38.